The number of methoxy groups -OCH3 is 2. The van der Waals surface area contributed by atoms with Crippen molar-refractivity contribution in [3.05, 3.63) is 52.8 Å². The van der Waals surface area contributed by atoms with Crippen molar-refractivity contribution in [1.29, 1.82) is 0 Å². The summed E-state index contributed by atoms with van der Waals surface area (Å²) in [6.07, 6.45) is 1.65. The van der Waals surface area contributed by atoms with Crippen molar-refractivity contribution in [2.75, 3.05) is 20.8 Å². The van der Waals surface area contributed by atoms with Crippen LogP contribution in [0, 0.1) is 4.77 Å². The Bertz CT molecular complexity index is 1010. The summed E-state index contributed by atoms with van der Waals surface area (Å²) < 4.78 is 18.4. The minimum atomic E-state index is 0.370. The van der Waals surface area contributed by atoms with Crippen LogP contribution in [0.3, 0.4) is 0 Å². The molecule has 0 fully saturated rings. The van der Waals surface area contributed by atoms with Gasteiger partial charge in [0.15, 0.2) is 17.3 Å². The fourth-order valence-electron chi connectivity index (χ4n) is 2.64. The summed E-state index contributed by atoms with van der Waals surface area (Å²) in [6, 6.07) is 13.2. The smallest absolute Gasteiger partial charge is 0.216 e. The van der Waals surface area contributed by atoms with Gasteiger partial charge in [0.25, 0.3) is 0 Å². The Balaban J connectivity index is 2.05. The summed E-state index contributed by atoms with van der Waals surface area (Å²) in [6.45, 7) is 2.48. The van der Waals surface area contributed by atoms with Gasteiger partial charge >= 0.3 is 0 Å². The van der Waals surface area contributed by atoms with Crippen LogP contribution in [0.15, 0.2) is 47.6 Å². The summed E-state index contributed by atoms with van der Waals surface area (Å²) in [5.41, 5.74) is 1.55. The highest BCUT2D eigenvalue weighted by molar-refractivity contribution is 7.71. The van der Waals surface area contributed by atoms with Gasteiger partial charge in [-0.25, -0.2) is 5.10 Å². The van der Waals surface area contributed by atoms with E-state index in [0.29, 0.717) is 34.5 Å². The fraction of sp³-hybridized carbons (Fsp3) is 0.211. The molecule has 3 rings (SSSR count). The average molecular weight is 384 g/mol. The van der Waals surface area contributed by atoms with Crippen LogP contribution in [0.2, 0.25) is 0 Å². The molecule has 0 atom stereocenters. The lowest BCUT2D eigenvalue weighted by atomic mass is 10.2. The van der Waals surface area contributed by atoms with Gasteiger partial charge in [0.1, 0.15) is 5.75 Å². The molecule has 0 radical (unpaired) electrons. The standard InChI is InChI=1S/C19H20N4O3S/c1-4-26-15-10-6-5-9-14(15)18-21-22-19(27)23(18)20-12-13-8-7-11-16(24-2)17(13)25-3/h5-12H,4H2,1-3H3,(H,22,27)/b20-12-. The third-order valence-corrected chi connectivity index (χ3v) is 4.09. The quantitative estimate of drug-likeness (QED) is 0.494. The highest BCUT2D eigenvalue weighted by Crippen LogP contribution is 2.30. The maximum Gasteiger partial charge on any atom is 0.216 e. The molecule has 8 heteroatoms. The Morgan fingerprint density at radius 1 is 1.11 bits per heavy atom. The summed E-state index contributed by atoms with van der Waals surface area (Å²) in [4.78, 5) is 0. The predicted octanol–water partition coefficient (Wildman–Crippen LogP) is 3.91. The molecule has 0 unspecified atom stereocenters. The lowest BCUT2D eigenvalue weighted by Crippen LogP contribution is -2.00. The SMILES string of the molecule is CCOc1ccccc1-c1n[nH]c(=S)n1/N=C\c1cccc(OC)c1OC. The van der Waals surface area contributed by atoms with Crippen molar-refractivity contribution >= 4 is 18.4 Å². The Morgan fingerprint density at radius 2 is 1.89 bits per heavy atom. The molecule has 0 saturated heterocycles. The molecule has 0 aliphatic carbocycles. The molecule has 7 nitrogen and oxygen atoms in total. The molecule has 0 spiro atoms. The molecular weight excluding hydrogens is 364 g/mol. The molecule has 1 heterocycles. The second kappa shape index (κ2) is 8.50. The van der Waals surface area contributed by atoms with Gasteiger partial charge in [-0.3, -0.25) is 0 Å². The van der Waals surface area contributed by atoms with Crippen molar-refractivity contribution in [3.8, 4) is 28.6 Å². The monoisotopic (exact) mass is 384 g/mol. The maximum atomic E-state index is 5.70. The normalized spacial score (nSPS) is 10.9. The van der Waals surface area contributed by atoms with Crippen LogP contribution in [0.4, 0.5) is 0 Å². The van der Waals surface area contributed by atoms with Gasteiger partial charge in [-0.1, -0.05) is 18.2 Å². The Kier molecular flexibility index (Phi) is 5.87. The number of hydrogen-bond acceptors (Lipinski definition) is 6. The Hall–Kier alpha value is -3.13. The van der Waals surface area contributed by atoms with Crippen molar-refractivity contribution in [2.45, 2.75) is 6.92 Å². The third kappa shape index (κ3) is 3.85. The highest BCUT2D eigenvalue weighted by atomic mass is 32.1. The van der Waals surface area contributed by atoms with Crippen LogP contribution in [-0.4, -0.2) is 41.9 Å². The fourth-order valence-corrected chi connectivity index (χ4v) is 2.82. The second-order valence-corrected chi connectivity index (χ2v) is 5.81. The lowest BCUT2D eigenvalue weighted by Gasteiger charge is -2.10. The molecule has 2 aromatic carbocycles. The summed E-state index contributed by atoms with van der Waals surface area (Å²) >= 11 is 5.34. The number of H-pyrrole nitrogens is 1. The van der Waals surface area contributed by atoms with Crippen LogP contribution in [0.25, 0.3) is 11.4 Å². The van der Waals surface area contributed by atoms with E-state index >= 15 is 0 Å². The van der Waals surface area contributed by atoms with Gasteiger partial charge in [-0.15, -0.1) is 0 Å². The number of ether oxygens (including phenoxy) is 3. The number of nitrogens with zero attached hydrogens (tertiary/aromatic N) is 3. The van der Waals surface area contributed by atoms with Gasteiger partial charge in [0.05, 0.1) is 32.6 Å². The molecule has 0 amide bonds. The number of para-hydroxylation sites is 2. The van der Waals surface area contributed by atoms with Crippen molar-refractivity contribution < 1.29 is 14.2 Å². The molecule has 27 heavy (non-hydrogen) atoms. The molecule has 0 aliphatic rings. The zero-order valence-electron chi connectivity index (χ0n) is 15.3. The largest absolute Gasteiger partial charge is 0.493 e. The van der Waals surface area contributed by atoms with Gasteiger partial charge in [-0.05, 0) is 43.4 Å². The molecule has 0 aliphatic heterocycles. The van der Waals surface area contributed by atoms with Gasteiger partial charge in [-0.2, -0.15) is 14.9 Å². The van der Waals surface area contributed by atoms with Crippen molar-refractivity contribution in [3.63, 3.8) is 0 Å². The van der Waals surface area contributed by atoms with E-state index < -0.39 is 0 Å². The van der Waals surface area contributed by atoms with Gasteiger partial charge < -0.3 is 14.2 Å². The number of hydrogen-bond donors (Lipinski definition) is 1. The second-order valence-electron chi connectivity index (χ2n) is 5.42. The number of aromatic amines is 1. The molecule has 3 aromatic rings. The maximum absolute atomic E-state index is 5.70. The number of rotatable bonds is 7. The zero-order chi connectivity index (χ0) is 19.2. The van der Waals surface area contributed by atoms with E-state index in [1.807, 2.05) is 49.4 Å². The molecule has 1 aromatic heterocycles. The van der Waals surface area contributed by atoms with E-state index in [0.717, 1.165) is 11.1 Å². The number of benzene rings is 2. The first-order valence-corrected chi connectivity index (χ1v) is 8.75. The zero-order valence-corrected chi connectivity index (χ0v) is 16.1. The number of aromatic nitrogens is 3. The van der Waals surface area contributed by atoms with Crippen LogP contribution in [0.1, 0.15) is 12.5 Å². The summed E-state index contributed by atoms with van der Waals surface area (Å²) in [5, 5.41) is 11.6. The highest BCUT2D eigenvalue weighted by Gasteiger charge is 2.14. The predicted molar refractivity (Wildman–Crippen MR) is 107 cm³/mol. The van der Waals surface area contributed by atoms with E-state index in [9.17, 15) is 0 Å². The van der Waals surface area contributed by atoms with E-state index in [1.54, 1.807) is 25.1 Å². The van der Waals surface area contributed by atoms with E-state index in [4.69, 9.17) is 26.4 Å². The first-order valence-electron chi connectivity index (χ1n) is 8.34. The Morgan fingerprint density at radius 3 is 2.63 bits per heavy atom. The van der Waals surface area contributed by atoms with Gasteiger partial charge in [0.2, 0.25) is 4.77 Å². The average Bonchev–Trinajstić information content (AvgIpc) is 3.06. The summed E-state index contributed by atoms with van der Waals surface area (Å²) in [5.74, 6) is 2.49. The van der Waals surface area contributed by atoms with E-state index in [2.05, 4.69) is 15.3 Å². The first kappa shape index (κ1) is 18.7. The molecule has 140 valence electrons. The van der Waals surface area contributed by atoms with Crippen LogP contribution >= 0.6 is 12.2 Å². The van der Waals surface area contributed by atoms with E-state index in [-0.39, 0.29) is 0 Å². The Labute approximate surface area is 162 Å². The van der Waals surface area contributed by atoms with Crippen LogP contribution in [-0.2, 0) is 0 Å². The topological polar surface area (TPSA) is 73.7 Å². The van der Waals surface area contributed by atoms with E-state index in [1.165, 1.54) is 0 Å². The molecular formula is C19H20N4O3S. The first-order chi connectivity index (χ1) is 13.2. The minimum absolute atomic E-state index is 0.370. The van der Waals surface area contributed by atoms with Crippen LogP contribution in [0.5, 0.6) is 17.2 Å². The number of nitrogens with one attached hydrogen (secondary N) is 1. The van der Waals surface area contributed by atoms with Crippen molar-refractivity contribution in [1.82, 2.24) is 14.9 Å². The third-order valence-electron chi connectivity index (χ3n) is 3.82. The minimum Gasteiger partial charge on any atom is -0.493 e. The lowest BCUT2D eigenvalue weighted by molar-refractivity contribution is 0.341. The summed E-state index contributed by atoms with van der Waals surface area (Å²) in [7, 11) is 3.18. The molecule has 0 bridgehead atoms. The van der Waals surface area contributed by atoms with Gasteiger partial charge in [0, 0.05) is 5.56 Å². The van der Waals surface area contributed by atoms with Crippen molar-refractivity contribution in [2.24, 2.45) is 5.10 Å². The van der Waals surface area contributed by atoms with Crippen LogP contribution < -0.4 is 14.2 Å². The molecule has 1 N–H and O–H groups in total. The molecule has 0 saturated carbocycles.